The van der Waals surface area contributed by atoms with Gasteiger partial charge in [-0.1, -0.05) is 0 Å². The van der Waals surface area contributed by atoms with Gasteiger partial charge in [-0.3, -0.25) is 0 Å². The van der Waals surface area contributed by atoms with E-state index < -0.39 is 8.32 Å². The molecule has 0 aromatic rings. The first-order valence-corrected chi connectivity index (χ1v) is 6.31. The molecule has 0 aliphatic heterocycles. The van der Waals surface area contributed by atoms with Gasteiger partial charge in [-0.25, -0.2) is 0 Å². The third-order valence-corrected chi connectivity index (χ3v) is 3.19. The molecular weight excluding hydrogens is 128 g/mol. The highest BCUT2D eigenvalue weighted by molar-refractivity contribution is 6.71. The summed E-state index contributed by atoms with van der Waals surface area (Å²) in [5, 5.41) is 0. The van der Waals surface area contributed by atoms with Crippen LogP contribution in [0.2, 0.25) is 19.1 Å². The first kappa shape index (κ1) is 8.74. The first-order valence-electron chi connectivity index (χ1n) is 3.20. The Balaban J connectivity index is 3.59. The van der Waals surface area contributed by atoms with Crippen molar-refractivity contribution in [1.82, 2.24) is 0 Å². The van der Waals surface area contributed by atoms with Crippen LogP contribution >= 0.6 is 0 Å². The minimum absolute atomic E-state index is 0.793. The monoisotopic (exact) mass is 142 g/mol. The van der Waals surface area contributed by atoms with Crippen molar-refractivity contribution in [3.8, 4) is 12.3 Å². The third-order valence-electron chi connectivity index (χ3n) is 1.06. The van der Waals surface area contributed by atoms with Crippen molar-refractivity contribution in [2.75, 3.05) is 6.61 Å². The van der Waals surface area contributed by atoms with Crippen LogP contribution in [0.3, 0.4) is 0 Å². The lowest BCUT2D eigenvalue weighted by Gasteiger charge is -2.18. The molecule has 0 fully saturated rings. The number of terminal acetylenes is 1. The normalized spacial score (nSPS) is 10.9. The molecular formula is C7H14OSi. The van der Waals surface area contributed by atoms with Crippen molar-refractivity contribution in [3.05, 3.63) is 0 Å². The Bertz CT molecular complexity index is 113. The van der Waals surface area contributed by atoms with Gasteiger partial charge in [0, 0.05) is 12.7 Å². The van der Waals surface area contributed by atoms with Gasteiger partial charge in [0.25, 0.3) is 0 Å². The second-order valence-electron chi connectivity index (χ2n) is 2.57. The predicted octanol–water partition coefficient (Wildman–Crippen LogP) is 1.86. The molecule has 9 heavy (non-hydrogen) atoms. The summed E-state index contributed by atoms with van der Waals surface area (Å²) in [4.78, 5) is 0. The summed E-state index contributed by atoms with van der Waals surface area (Å²) in [5.74, 6) is 2.63. The molecule has 2 heteroatoms. The van der Waals surface area contributed by atoms with E-state index in [-0.39, 0.29) is 0 Å². The van der Waals surface area contributed by atoms with Gasteiger partial charge in [-0.15, -0.1) is 12.3 Å². The lowest BCUT2D eigenvalue weighted by Crippen LogP contribution is -2.29. The minimum atomic E-state index is -1.44. The summed E-state index contributed by atoms with van der Waals surface area (Å²) in [6.07, 6.45) is 5.15. The Morgan fingerprint density at radius 2 is 2.11 bits per heavy atom. The second kappa shape index (κ2) is 3.70. The molecule has 0 heterocycles. The number of rotatable bonds is 3. The van der Waals surface area contributed by atoms with Gasteiger partial charge < -0.3 is 4.43 Å². The molecule has 0 radical (unpaired) electrons. The van der Waals surface area contributed by atoms with E-state index in [0.717, 1.165) is 12.7 Å². The molecule has 0 atom stereocenters. The summed E-state index contributed by atoms with van der Waals surface area (Å²) < 4.78 is 5.47. The van der Waals surface area contributed by atoms with E-state index >= 15 is 0 Å². The van der Waals surface area contributed by atoms with Crippen LogP contribution in [0.25, 0.3) is 0 Å². The van der Waals surface area contributed by atoms with Gasteiger partial charge in [0.05, 0.1) is 0 Å². The van der Waals surface area contributed by atoms with Crippen LogP contribution < -0.4 is 0 Å². The Kier molecular flexibility index (Phi) is 3.60. The van der Waals surface area contributed by atoms with Crippen LogP contribution in [-0.2, 0) is 4.43 Å². The molecule has 0 spiro atoms. The van der Waals surface area contributed by atoms with Crippen LogP contribution in [0.4, 0.5) is 0 Å². The predicted molar refractivity (Wildman–Crippen MR) is 42.7 cm³/mol. The van der Waals surface area contributed by atoms with Crippen LogP contribution in [0, 0.1) is 12.3 Å². The average Bonchev–Trinajstić information content (AvgIpc) is 1.64. The average molecular weight is 142 g/mol. The highest BCUT2D eigenvalue weighted by Crippen LogP contribution is 2.08. The van der Waals surface area contributed by atoms with Crippen LogP contribution in [0.1, 0.15) is 6.92 Å². The van der Waals surface area contributed by atoms with Gasteiger partial charge in [-0.2, -0.15) is 0 Å². The van der Waals surface area contributed by atoms with Gasteiger partial charge in [-0.05, 0) is 20.0 Å². The van der Waals surface area contributed by atoms with Crippen molar-refractivity contribution >= 4 is 8.32 Å². The molecule has 0 aromatic carbocycles. The van der Waals surface area contributed by atoms with Crippen molar-refractivity contribution in [3.63, 3.8) is 0 Å². The Labute approximate surface area is 58.5 Å². The quantitative estimate of drug-likeness (QED) is 0.432. The van der Waals surface area contributed by atoms with Crippen molar-refractivity contribution < 1.29 is 4.43 Å². The molecule has 0 N–H and O–H groups in total. The highest BCUT2D eigenvalue weighted by Gasteiger charge is 2.19. The maximum Gasteiger partial charge on any atom is 0.198 e. The molecule has 0 bridgehead atoms. The SMILES string of the molecule is C#CC[Si](C)(C)OCC. The molecule has 52 valence electrons. The Morgan fingerprint density at radius 3 is 2.44 bits per heavy atom. The molecule has 1 nitrogen and oxygen atoms in total. The van der Waals surface area contributed by atoms with Crippen molar-refractivity contribution in [2.24, 2.45) is 0 Å². The zero-order valence-corrected chi connectivity index (χ0v) is 7.40. The number of hydrogen-bond donors (Lipinski definition) is 0. The minimum Gasteiger partial charge on any atom is -0.417 e. The van der Waals surface area contributed by atoms with E-state index in [9.17, 15) is 0 Å². The summed E-state index contributed by atoms with van der Waals surface area (Å²) >= 11 is 0. The van der Waals surface area contributed by atoms with E-state index in [4.69, 9.17) is 10.8 Å². The largest absolute Gasteiger partial charge is 0.417 e. The zero-order chi connectivity index (χ0) is 7.33. The summed E-state index contributed by atoms with van der Waals surface area (Å²) in [6.45, 7) is 7.07. The van der Waals surface area contributed by atoms with E-state index in [1.165, 1.54) is 0 Å². The summed E-state index contributed by atoms with van der Waals surface area (Å²) in [7, 11) is -1.44. The summed E-state index contributed by atoms with van der Waals surface area (Å²) in [6, 6.07) is 0.820. The molecule has 0 aliphatic rings. The van der Waals surface area contributed by atoms with Gasteiger partial charge >= 0.3 is 0 Å². The fourth-order valence-corrected chi connectivity index (χ4v) is 2.06. The molecule has 0 amide bonds. The first-order chi connectivity index (χ1) is 4.12. The third kappa shape index (κ3) is 4.25. The van der Waals surface area contributed by atoms with Crippen molar-refractivity contribution in [1.29, 1.82) is 0 Å². The molecule has 0 aromatic heterocycles. The smallest absolute Gasteiger partial charge is 0.198 e. The van der Waals surface area contributed by atoms with Gasteiger partial charge in [0.1, 0.15) is 0 Å². The molecule has 0 unspecified atom stereocenters. The summed E-state index contributed by atoms with van der Waals surface area (Å²) in [5.41, 5.74) is 0. The van der Waals surface area contributed by atoms with E-state index in [2.05, 4.69) is 19.0 Å². The van der Waals surface area contributed by atoms with Gasteiger partial charge in [0.15, 0.2) is 8.32 Å². The lowest BCUT2D eigenvalue weighted by molar-refractivity contribution is 0.332. The zero-order valence-electron chi connectivity index (χ0n) is 6.40. The molecule has 0 aliphatic carbocycles. The van der Waals surface area contributed by atoms with Crippen molar-refractivity contribution in [2.45, 2.75) is 26.1 Å². The maximum atomic E-state index is 5.47. The Morgan fingerprint density at radius 1 is 1.56 bits per heavy atom. The highest BCUT2D eigenvalue weighted by atomic mass is 28.4. The van der Waals surface area contributed by atoms with Crippen LogP contribution in [0.15, 0.2) is 0 Å². The van der Waals surface area contributed by atoms with Crippen LogP contribution in [0.5, 0.6) is 0 Å². The number of hydrogen-bond acceptors (Lipinski definition) is 1. The Hall–Kier alpha value is -0.263. The van der Waals surface area contributed by atoms with E-state index in [0.29, 0.717) is 0 Å². The topological polar surface area (TPSA) is 9.23 Å². The molecule has 0 saturated heterocycles. The standard InChI is InChI=1S/C7H14OSi/c1-5-7-9(3,4)8-6-2/h1H,6-7H2,2-4H3. The van der Waals surface area contributed by atoms with E-state index in [1.807, 2.05) is 6.92 Å². The van der Waals surface area contributed by atoms with Gasteiger partial charge in [0.2, 0.25) is 0 Å². The lowest BCUT2D eigenvalue weighted by atomic mass is 10.8. The molecule has 0 rings (SSSR count). The molecule has 0 saturated carbocycles. The van der Waals surface area contributed by atoms with Crippen LogP contribution in [-0.4, -0.2) is 14.9 Å². The fourth-order valence-electron chi connectivity index (χ4n) is 0.688. The fraction of sp³-hybridized carbons (Fsp3) is 0.714. The maximum absolute atomic E-state index is 5.47. The second-order valence-corrected chi connectivity index (χ2v) is 6.74. The van der Waals surface area contributed by atoms with E-state index in [1.54, 1.807) is 0 Å².